The van der Waals surface area contributed by atoms with Gasteiger partial charge in [-0.25, -0.2) is 4.79 Å². The predicted molar refractivity (Wildman–Crippen MR) is 414 cm³/mol. The first-order chi connectivity index (χ1) is 48.5. The molecule has 101 heavy (non-hydrogen) atoms. The third-order valence-electron chi connectivity index (χ3n) is 20.1. The van der Waals surface area contributed by atoms with Crippen LogP contribution in [0.3, 0.4) is 0 Å². The van der Waals surface area contributed by atoms with Gasteiger partial charge in [0.1, 0.15) is 34.5 Å². The van der Waals surface area contributed by atoms with E-state index in [-0.39, 0.29) is 43.9 Å². The van der Waals surface area contributed by atoms with Gasteiger partial charge in [0.25, 0.3) is 0 Å². The van der Waals surface area contributed by atoms with Gasteiger partial charge in [-0.2, -0.15) is 24.3 Å². The van der Waals surface area contributed by atoms with Crippen molar-refractivity contribution >= 4 is 90.8 Å². The molecule has 2 N–H and O–H groups in total. The molecule has 14 heteroatoms. The molecule has 0 aliphatic heterocycles. The number of halogens is 1. The number of ketones is 2. The summed E-state index contributed by atoms with van der Waals surface area (Å²) in [4.78, 5) is 37.3. The Hall–Kier alpha value is -8.88. The van der Waals surface area contributed by atoms with E-state index in [2.05, 4.69) is 109 Å². The van der Waals surface area contributed by atoms with Crippen LogP contribution in [-0.2, 0) is 74.9 Å². The minimum Gasteiger partial charge on any atom is -0.508 e. The summed E-state index contributed by atoms with van der Waals surface area (Å²) < 4.78 is 28.5. The number of benzene rings is 11. The SMILES string of the molecule is COC(=O)C1=C(Cc2ccccc2)c2ccc(OC)cc2C1.COc1ccc2c(c1)CC(=C(SC)SC)C2=O.COc1ccc2c(c1)CC1C(=O)c3cc(OC)ccc3CC21.Cc1c2c(cc3ccc(O)cc13)-c1ccc(O)cc1C2.Cc1ccc2cc3c(c(I)c2c1)Cc1c[c-]ccc1-3.[Re]. The van der Waals surface area contributed by atoms with E-state index in [9.17, 15) is 24.6 Å². The summed E-state index contributed by atoms with van der Waals surface area (Å²) in [5.74, 6) is 4.38. The second kappa shape index (κ2) is 31.2. The van der Waals surface area contributed by atoms with E-state index in [1.165, 1.54) is 93.8 Å². The average molecular weight is 1660 g/mol. The third-order valence-corrected chi connectivity index (χ3v) is 23.5. The minimum atomic E-state index is -0.249. The van der Waals surface area contributed by atoms with Crippen molar-refractivity contribution in [2.24, 2.45) is 5.92 Å². The van der Waals surface area contributed by atoms with Gasteiger partial charge in [-0.05, 0) is 283 Å². The summed E-state index contributed by atoms with van der Waals surface area (Å²) in [6, 6.07) is 65.7. The number of hydrogen-bond donors (Lipinski definition) is 2. The van der Waals surface area contributed by atoms with Crippen LogP contribution < -0.4 is 18.9 Å². The van der Waals surface area contributed by atoms with Crippen molar-refractivity contribution in [2.45, 2.75) is 64.7 Å². The summed E-state index contributed by atoms with van der Waals surface area (Å²) in [7, 11) is 8.03. The first-order valence-electron chi connectivity index (χ1n) is 33.2. The number of Topliss-reactive ketones (excluding diaryl/α,β-unsaturated/α-hetero) is 2. The number of esters is 1. The van der Waals surface area contributed by atoms with Crippen molar-refractivity contribution in [3.8, 4) is 56.8 Å². The quantitative estimate of drug-likeness (QED) is 0.0616. The number of methoxy groups -OCH3 is 5. The van der Waals surface area contributed by atoms with Crippen molar-refractivity contribution < 1.29 is 68.7 Å². The molecule has 0 spiro atoms. The van der Waals surface area contributed by atoms with Crippen molar-refractivity contribution in [2.75, 3.05) is 48.1 Å². The summed E-state index contributed by atoms with van der Waals surface area (Å²) in [6.07, 6.45) is 9.70. The molecule has 0 bridgehead atoms. The number of allylic oxidation sites excluding steroid dienone is 2. The Labute approximate surface area is 626 Å². The summed E-state index contributed by atoms with van der Waals surface area (Å²) >= 11 is 5.79. The Morgan fingerprint density at radius 1 is 0.525 bits per heavy atom. The molecule has 0 amide bonds. The minimum absolute atomic E-state index is 0. The number of phenolic OH excluding ortho intramolecular Hbond substituents is 2. The van der Waals surface area contributed by atoms with E-state index < -0.39 is 0 Å². The van der Waals surface area contributed by atoms with Crippen molar-refractivity contribution in [3.05, 3.63) is 297 Å². The molecule has 11 aromatic carbocycles. The number of aromatic hydroxyl groups is 2. The van der Waals surface area contributed by atoms with Crippen molar-refractivity contribution in [3.63, 3.8) is 0 Å². The molecule has 0 saturated carbocycles. The predicted octanol–water partition coefficient (Wildman–Crippen LogP) is 19.4. The van der Waals surface area contributed by atoms with Crippen LogP contribution in [0.25, 0.3) is 49.4 Å². The number of phenols is 2. The van der Waals surface area contributed by atoms with Crippen LogP contribution in [0.15, 0.2) is 203 Å². The topological polar surface area (TPSA) is 138 Å². The van der Waals surface area contributed by atoms with Gasteiger partial charge in [-0.15, -0.1) is 34.7 Å². The van der Waals surface area contributed by atoms with Crippen LogP contribution in [0.4, 0.5) is 0 Å². The molecule has 511 valence electrons. The van der Waals surface area contributed by atoms with Gasteiger partial charge >= 0.3 is 5.97 Å². The van der Waals surface area contributed by atoms with E-state index in [4.69, 9.17) is 23.7 Å². The summed E-state index contributed by atoms with van der Waals surface area (Å²) in [6.45, 7) is 4.26. The zero-order valence-electron chi connectivity index (χ0n) is 57.7. The van der Waals surface area contributed by atoms with Crippen LogP contribution >= 0.6 is 46.1 Å². The van der Waals surface area contributed by atoms with Gasteiger partial charge < -0.3 is 33.9 Å². The molecule has 0 saturated heterocycles. The molecule has 2 atom stereocenters. The maximum absolute atomic E-state index is 12.9. The molecular formula is C87H76IO10ReS2-. The second-order valence-electron chi connectivity index (χ2n) is 25.7. The molecule has 2 unspecified atom stereocenters. The first kappa shape index (κ1) is 71.9. The van der Waals surface area contributed by atoms with Gasteiger partial charge in [0.2, 0.25) is 0 Å². The number of aryl methyl sites for hydroxylation is 2. The number of ether oxygens (including phenoxy) is 5. The van der Waals surface area contributed by atoms with Gasteiger partial charge in [0.05, 0.1) is 35.5 Å². The Bertz CT molecular complexity index is 5150. The average Bonchev–Trinajstić information content (AvgIpc) is 1.64. The van der Waals surface area contributed by atoms with E-state index in [0.717, 1.165) is 127 Å². The van der Waals surface area contributed by atoms with Crippen LogP contribution in [0, 0.1) is 29.4 Å². The standard InChI is InChI=1S/2C19H18O3.C18H12I.C18H14O2.C13H14O2S2.Re/c1-21-13-5-6-15-12(7-13)9-18-17(15)8-11-3-4-14(22-2)10-16(11)19(18)20;1-21-15-8-9-16-14(11-15)12-18(19(20)22-2)17(16)10-13-6-4-3-5-7-13;1-11-6-7-13-9-16-14-5-3-2-4-12(14)10-17(16)18(19)15(13)8-11;1-10-16-9-14(20)3-2-11(16)7-18-15-5-4-13(19)6-12(15)8-17(10)18;1-15-9-4-5-10-8(6-9)7-11(12(10)14)13(16-2)17-3;/h3-7,10,17-18H,8-9H2,1-2H3;3-9,11H,10,12H2,1-2H3;3-9H,10H2,1H3;2-7,9,19-20H,8H2,1H3;4-6H,7H2,1-3H3;/q;;-1;;;. The van der Waals surface area contributed by atoms with E-state index in [0.29, 0.717) is 23.8 Å². The molecule has 6 aliphatic rings. The van der Waals surface area contributed by atoms with Crippen LogP contribution in [0.2, 0.25) is 0 Å². The largest absolute Gasteiger partial charge is 0.508 e. The van der Waals surface area contributed by atoms with Crippen LogP contribution in [0.1, 0.15) is 99.0 Å². The van der Waals surface area contributed by atoms with Gasteiger partial charge in [0, 0.05) is 69.3 Å². The normalized spacial score (nSPS) is 14.7. The van der Waals surface area contributed by atoms with Crippen LogP contribution in [-0.4, -0.2) is 75.8 Å². The second-order valence-corrected chi connectivity index (χ2v) is 28.7. The Kier molecular flexibility index (Phi) is 22.2. The maximum Gasteiger partial charge on any atom is 0.334 e. The Morgan fingerprint density at radius 3 is 1.80 bits per heavy atom. The third kappa shape index (κ3) is 14.5. The van der Waals surface area contributed by atoms with Crippen molar-refractivity contribution in [1.29, 1.82) is 0 Å². The fraction of sp³-hybridized carbons (Fsp3) is 0.207. The van der Waals surface area contributed by atoms with E-state index in [1.807, 2.05) is 122 Å². The Balaban J connectivity index is 0.000000119. The number of hydrogen-bond acceptors (Lipinski definition) is 12. The summed E-state index contributed by atoms with van der Waals surface area (Å²) in [5.41, 5.74) is 25.7. The molecule has 1 radical (unpaired) electrons. The van der Waals surface area contributed by atoms with Gasteiger partial charge in [-0.3, -0.25) is 9.59 Å². The number of carbonyl (C=O) groups is 3. The molecule has 10 nitrogen and oxygen atoms in total. The van der Waals surface area contributed by atoms with E-state index >= 15 is 0 Å². The molecule has 11 aromatic rings. The molecule has 6 aliphatic carbocycles. The fourth-order valence-corrected chi connectivity index (χ4v) is 17.5. The number of rotatable bonds is 9. The zero-order valence-corrected chi connectivity index (χ0v) is 64.2. The number of carbonyl (C=O) groups excluding carboxylic acids is 3. The smallest absolute Gasteiger partial charge is 0.334 e. The van der Waals surface area contributed by atoms with Crippen molar-refractivity contribution in [1.82, 2.24) is 0 Å². The maximum atomic E-state index is 12.9. The monoisotopic (exact) mass is 1660 g/mol. The van der Waals surface area contributed by atoms with Gasteiger partial charge in [-0.1, -0.05) is 84.4 Å². The molecule has 17 rings (SSSR count). The number of thioether (sulfide) groups is 2. The van der Waals surface area contributed by atoms with Crippen LogP contribution in [0.5, 0.6) is 34.5 Å². The molecule has 0 aromatic heterocycles. The van der Waals surface area contributed by atoms with Gasteiger partial charge in [0.15, 0.2) is 11.6 Å². The zero-order chi connectivity index (χ0) is 70.0. The molecular weight excluding hydrogens is 1580 g/mol. The molecule has 0 fully saturated rings. The fourth-order valence-electron chi connectivity index (χ4n) is 15.0. The Morgan fingerprint density at radius 2 is 1.10 bits per heavy atom. The first-order valence-corrected chi connectivity index (χ1v) is 36.8. The van der Waals surface area contributed by atoms with E-state index in [1.54, 1.807) is 64.1 Å². The molecule has 0 heterocycles. The number of fused-ring (bicyclic) bond motifs is 14. The summed E-state index contributed by atoms with van der Waals surface area (Å²) in [5, 5.41) is 24.3.